The molecule has 19 heavy (non-hydrogen) atoms. The number of hydrogen-bond acceptors (Lipinski definition) is 4. The van der Waals surface area contributed by atoms with Gasteiger partial charge in [0.15, 0.2) is 0 Å². The Bertz CT molecular complexity index is 497. The highest BCUT2D eigenvalue weighted by atomic mass is 16.5. The van der Waals surface area contributed by atoms with E-state index in [2.05, 4.69) is 11.7 Å². The van der Waals surface area contributed by atoms with Crippen molar-refractivity contribution in [3.05, 3.63) is 30.2 Å². The Kier molecular flexibility index (Phi) is 3.14. The maximum atomic E-state index is 12.5. The number of aromatic nitrogens is 1. The fraction of sp³-hybridized carbons (Fsp3) is 0.571. The summed E-state index contributed by atoms with van der Waals surface area (Å²) in [5, 5.41) is 3.68. The number of nitrogens with zero attached hydrogens (tertiary/aromatic N) is 2. The zero-order valence-corrected chi connectivity index (χ0v) is 11.0. The molecule has 2 fully saturated rings. The second-order valence-electron chi connectivity index (χ2n) is 5.32. The van der Waals surface area contributed by atoms with Crippen LogP contribution in [0.5, 0.6) is 0 Å². The molecule has 0 radical (unpaired) electrons. The molecule has 1 saturated carbocycles. The van der Waals surface area contributed by atoms with Crippen LogP contribution in [0.1, 0.15) is 29.0 Å². The summed E-state index contributed by atoms with van der Waals surface area (Å²) in [6.45, 7) is 6.79. The highest BCUT2D eigenvalue weighted by Gasteiger charge is 2.47. The summed E-state index contributed by atoms with van der Waals surface area (Å²) in [5.41, 5.74) is 0.565. The van der Waals surface area contributed by atoms with E-state index in [4.69, 9.17) is 9.26 Å². The van der Waals surface area contributed by atoms with Crippen LogP contribution in [0, 0.1) is 12.8 Å². The number of likely N-dealkylation sites (tertiary alicyclic amines) is 1. The number of rotatable bonds is 4. The largest absolute Gasteiger partial charge is 0.372 e. The summed E-state index contributed by atoms with van der Waals surface area (Å²) in [7, 11) is 0. The van der Waals surface area contributed by atoms with Gasteiger partial charge in [-0.15, -0.1) is 6.58 Å². The van der Waals surface area contributed by atoms with Crippen LogP contribution in [-0.4, -0.2) is 41.3 Å². The van der Waals surface area contributed by atoms with Gasteiger partial charge < -0.3 is 14.2 Å². The minimum absolute atomic E-state index is 0.0122. The topological polar surface area (TPSA) is 55.6 Å². The molecular formula is C14H18N2O3. The molecule has 1 saturated heterocycles. The molecule has 2 bridgehead atoms. The van der Waals surface area contributed by atoms with E-state index in [-0.39, 0.29) is 18.1 Å². The zero-order chi connectivity index (χ0) is 13.4. The van der Waals surface area contributed by atoms with Crippen molar-refractivity contribution in [2.45, 2.75) is 31.9 Å². The lowest BCUT2D eigenvalue weighted by Gasteiger charge is -2.32. The second-order valence-corrected chi connectivity index (χ2v) is 5.32. The van der Waals surface area contributed by atoms with Gasteiger partial charge in [0, 0.05) is 6.54 Å². The Hall–Kier alpha value is -1.62. The van der Waals surface area contributed by atoms with Gasteiger partial charge in [-0.2, -0.15) is 0 Å². The van der Waals surface area contributed by atoms with Crippen LogP contribution < -0.4 is 0 Å². The van der Waals surface area contributed by atoms with Gasteiger partial charge in [0.1, 0.15) is 11.3 Å². The number of aryl methyl sites for hydroxylation is 1. The first kappa shape index (κ1) is 12.4. The van der Waals surface area contributed by atoms with Crippen LogP contribution in [0.15, 0.2) is 23.4 Å². The number of amides is 1. The average molecular weight is 262 g/mol. The predicted molar refractivity (Wildman–Crippen MR) is 68.7 cm³/mol. The first-order chi connectivity index (χ1) is 9.20. The smallest absolute Gasteiger partial charge is 0.259 e. The zero-order valence-electron chi connectivity index (χ0n) is 11.0. The summed E-state index contributed by atoms with van der Waals surface area (Å²) in [4.78, 5) is 14.4. The van der Waals surface area contributed by atoms with Crippen molar-refractivity contribution in [2.75, 3.05) is 13.2 Å². The third-order valence-electron chi connectivity index (χ3n) is 4.10. The van der Waals surface area contributed by atoms with Crippen molar-refractivity contribution < 1.29 is 14.1 Å². The van der Waals surface area contributed by atoms with E-state index in [0.29, 0.717) is 23.8 Å². The SMILES string of the molecule is C=CCO[C@H]1C[C@H]2C[C@H]1N(C(=O)c1cnoc1C)C2. The van der Waals surface area contributed by atoms with Crippen LogP contribution in [-0.2, 0) is 4.74 Å². The van der Waals surface area contributed by atoms with E-state index in [0.717, 1.165) is 19.4 Å². The first-order valence-electron chi connectivity index (χ1n) is 6.65. The number of carbonyl (C=O) groups excluding carboxylic acids is 1. The standard InChI is InChI=1S/C14H18N2O3/c1-3-4-18-13-6-10-5-12(13)16(8-10)14(17)11-7-15-19-9(11)2/h3,7,10,12-13H,1,4-6,8H2,2H3/t10-,12-,13+/m1/s1. The normalized spacial score (nSPS) is 28.9. The van der Waals surface area contributed by atoms with Gasteiger partial charge in [-0.25, -0.2) is 0 Å². The predicted octanol–water partition coefficient (Wildman–Crippen LogP) is 1.79. The molecule has 102 valence electrons. The average Bonchev–Trinajstić information content (AvgIpc) is 3.09. The highest BCUT2D eigenvalue weighted by Crippen LogP contribution is 2.40. The summed E-state index contributed by atoms with van der Waals surface area (Å²) < 4.78 is 10.7. The van der Waals surface area contributed by atoms with Gasteiger partial charge in [0.2, 0.25) is 0 Å². The van der Waals surface area contributed by atoms with E-state index in [1.807, 2.05) is 4.90 Å². The van der Waals surface area contributed by atoms with Gasteiger partial charge in [-0.3, -0.25) is 4.79 Å². The van der Waals surface area contributed by atoms with Gasteiger partial charge in [-0.05, 0) is 25.7 Å². The molecular weight excluding hydrogens is 244 g/mol. The summed E-state index contributed by atoms with van der Waals surface area (Å²) >= 11 is 0. The van der Waals surface area contributed by atoms with Crippen LogP contribution >= 0.6 is 0 Å². The van der Waals surface area contributed by atoms with E-state index < -0.39 is 0 Å². The number of hydrogen-bond donors (Lipinski definition) is 0. The third-order valence-corrected chi connectivity index (χ3v) is 4.10. The molecule has 1 aromatic heterocycles. The Labute approximate surface area is 112 Å². The van der Waals surface area contributed by atoms with Gasteiger partial charge in [0.05, 0.1) is 24.9 Å². The van der Waals surface area contributed by atoms with Crippen LogP contribution in [0.4, 0.5) is 0 Å². The van der Waals surface area contributed by atoms with Crippen molar-refractivity contribution >= 4 is 5.91 Å². The van der Waals surface area contributed by atoms with E-state index in [1.54, 1.807) is 13.0 Å². The lowest BCUT2D eigenvalue weighted by molar-refractivity contribution is 0.00461. The number of piperidine rings is 1. The lowest BCUT2D eigenvalue weighted by atomic mass is 10.1. The first-order valence-corrected chi connectivity index (χ1v) is 6.65. The quantitative estimate of drug-likeness (QED) is 0.776. The molecule has 3 atom stereocenters. The summed E-state index contributed by atoms with van der Waals surface area (Å²) in [6.07, 6.45) is 5.48. The van der Waals surface area contributed by atoms with Crippen molar-refractivity contribution in [1.82, 2.24) is 10.1 Å². The van der Waals surface area contributed by atoms with Crippen LogP contribution in [0.2, 0.25) is 0 Å². The molecule has 0 spiro atoms. The summed E-state index contributed by atoms with van der Waals surface area (Å²) in [5.74, 6) is 1.15. The fourth-order valence-electron chi connectivity index (χ4n) is 3.23. The molecule has 2 heterocycles. The van der Waals surface area contributed by atoms with E-state index in [1.165, 1.54) is 6.20 Å². The van der Waals surface area contributed by atoms with Crippen LogP contribution in [0.25, 0.3) is 0 Å². The molecule has 1 aliphatic carbocycles. The minimum Gasteiger partial charge on any atom is -0.372 e. The maximum Gasteiger partial charge on any atom is 0.259 e. The van der Waals surface area contributed by atoms with Crippen molar-refractivity contribution in [2.24, 2.45) is 5.92 Å². The van der Waals surface area contributed by atoms with Crippen molar-refractivity contribution in [3.8, 4) is 0 Å². The Balaban J connectivity index is 1.74. The highest BCUT2D eigenvalue weighted by molar-refractivity contribution is 5.95. The fourth-order valence-corrected chi connectivity index (χ4v) is 3.23. The van der Waals surface area contributed by atoms with Gasteiger partial charge in [-0.1, -0.05) is 11.2 Å². The van der Waals surface area contributed by atoms with E-state index in [9.17, 15) is 4.79 Å². The Morgan fingerprint density at radius 2 is 2.53 bits per heavy atom. The molecule has 1 amide bonds. The molecule has 1 aliphatic heterocycles. The molecule has 0 unspecified atom stereocenters. The molecule has 0 aromatic carbocycles. The van der Waals surface area contributed by atoms with Gasteiger partial charge >= 0.3 is 0 Å². The third kappa shape index (κ3) is 2.08. The summed E-state index contributed by atoms with van der Waals surface area (Å²) in [6, 6.07) is 0.187. The molecule has 3 rings (SSSR count). The lowest BCUT2D eigenvalue weighted by Crippen LogP contribution is -2.45. The maximum absolute atomic E-state index is 12.5. The molecule has 5 nitrogen and oxygen atoms in total. The van der Waals surface area contributed by atoms with E-state index >= 15 is 0 Å². The molecule has 0 N–H and O–H groups in total. The van der Waals surface area contributed by atoms with Gasteiger partial charge in [0.25, 0.3) is 5.91 Å². The Morgan fingerprint density at radius 3 is 3.16 bits per heavy atom. The van der Waals surface area contributed by atoms with Crippen LogP contribution in [0.3, 0.4) is 0 Å². The van der Waals surface area contributed by atoms with Crippen molar-refractivity contribution in [1.29, 1.82) is 0 Å². The molecule has 1 aromatic rings. The Morgan fingerprint density at radius 1 is 1.68 bits per heavy atom. The molecule has 5 heteroatoms. The monoisotopic (exact) mass is 262 g/mol. The van der Waals surface area contributed by atoms with Crippen molar-refractivity contribution in [3.63, 3.8) is 0 Å². The molecule has 2 aliphatic rings. The minimum atomic E-state index is 0.0122. The second kappa shape index (κ2) is 4.81. The number of carbonyl (C=O) groups is 1. The number of fused-ring (bicyclic) bond motifs is 2. The number of ether oxygens (including phenoxy) is 1.